The first kappa shape index (κ1) is 16.6. The van der Waals surface area contributed by atoms with E-state index in [2.05, 4.69) is 69.4 Å². The fourth-order valence-electron chi connectivity index (χ4n) is 2.87. The number of nitrogens with zero attached hydrogens (tertiary/aromatic N) is 1. The van der Waals surface area contributed by atoms with Gasteiger partial charge < -0.3 is 15.6 Å². The number of hydrogen-bond acceptors (Lipinski definition) is 2. The van der Waals surface area contributed by atoms with Crippen LogP contribution in [0.1, 0.15) is 16.0 Å². The van der Waals surface area contributed by atoms with Crippen LogP contribution in [0, 0.1) is 6.92 Å². The van der Waals surface area contributed by atoms with E-state index in [1.807, 2.05) is 7.05 Å². The van der Waals surface area contributed by atoms with Crippen LogP contribution in [0.3, 0.4) is 0 Å². The van der Waals surface area contributed by atoms with E-state index in [1.54, 1.807) is 11.3 Å². The Morgan fingerprint density at radius 2 is 1.96 bits per heavy atom. The normalized spacial score (nSPS) is 11.8. The number of aromatic nitrogens is 1. The molecule has 5 heteroatoms. The predicted octanol–water partition coefficient (Wildman–Crippen LogP) is 3.49. The van der Waals surface area contributed by atoms with Crippen LogP contribution in [-0.4, -0.2) is 31.1 Å². The molecule has 0 aliphatic heterocycles. The topological polar surface area (TPSA) is 52.2 Å². The standard InChI is InChI=1S/C19H24N4S/c1-14-5-3-7-17-15(13-23-18(14)17)8-10-21-19(20-2)22-11-9-16-6-4-12-24-16/h3-7,12-13,23H,8-11H2,1-2H3,(H2,20,21,22). The second-order valence-electron chi connectivity index (χ2n) is 5.82. The van der Waals surface area contributed by atoms with Crippen molar-refractivity contribution in [3.05, 3.63) is 57.9 Å². The summed E-state index contributed by atoms with van der Waals surface area (Å²) in [6.45, 7) is 3.90. The van der Waals surface area contributed by atoms with Crippen molar-refractivity contribution in [3.63, 3.8) is 0 Å². The van der Waals surface area contributed by atoms with Gasteiger partial charge in [0.05, 0.1) is 0 Å². The molecule has 0 spiro atoms. The second kappa shape index (κ2) is 8.02. The van der Waals surface area contributed by atoms with Gasteiger partial charge in [-0.3, -0.25) is 4.99 Å². The highest BCUT2D eigenvalue weighted by Gasteiger charge is 2.05. The van der Waals surface area contributed by atoms with Gasteiger partial charge in [-0.25, -0.2) is 0 Å². The Morgan fingerprint density at radius 1 is 1.12 bits per heavy atom. The maximum Gasteiger partial charge on any atom is 0.190 e. The summed E-state index contributed by atoms with van der Waals surface area (Å²) in [6.07, 6.45) is 4.11. The molecule has 0 fully saturated rings. The number of rotatable bonds is 6. The molecule has 0 saturated carbocycles. The second-order valence-corrected chi connectivity index (χ2v) is 6.85. The molecule has 2 aromatic heterocycles. The summed E-state index contributed by atoms with van der Waals surface area (Å²) in [7, 11) is 1.82. The van der Waals surface area contributed by atoms with E-state index in [-0.39, 0.29) is 0 Å². The van der Waals surface area contributed by atoms with Crippen LogP contribution < -0.4 is 10.6 Å². The van der Waals surface area contributed by atoms with Gasteiger partial charge in [0, 0.05) is 42.1 Å². The number of thiophene rings is 1. The summed E-state index contributed by atoms with van der Waals surface area (Å²) in [5.74, 6) is 0.863. The van der Waals surface area contributed by atoms with E-state index in [9.17, 15) is 0 Å². The molecule has 4 nitrogen and oxygen atoms in total. The monoisotopic (exact) mass is 340 g/mol. The average Bonchev–Trinajstić information content (AvgIpc) is 3.24. The van der Waals surface area contributed by atoms with Gasteiger partial charge in [0.25, 0.3) is 0 Å². The fourth-order valence-corrected chi connectivity index (χ4v) is 3.57. The number of aryl methyl sites for hydroxylation is 1. The van der Waals surface area contributed by atoms with Crippen molar-refractivity contribution in [3.8, 4) is 0 Å². The lowest BCUT2D eigenvalue weighted by Crippen LogP contribution is -2.39. The summed E-state index contributed by atoms with van der Waals surface area (Å²) in [6, 6.07) is 10.7. The Labute approximate surface area is 147 Å². The molecule has 1 aromatic carbocycles. The van der Waals surface area contributed by atoms with Crippen molar-refractivity contribution in [2.75, 3.05) is 20.1 Å². The Bertz CT molecular complexity index is 802. The number of guanidine groups is 1. The van der Waals surface area contributed by atoms with Gasteiger partial charge in [0.15, 0.2) is 5.96 Å². The lowest BCUT2D eigenvalue weighted by molar-refractivity contribution is 0.789. The minimum Gasteiger partial charge on any atom is -0.361 e. The van der Waals surface area contributed by atoms with E-state index in [0.717, 1.165) is 31.9 Å². The molecule has 0 radical (unpaired) electrons. The Balaban J connectivity index is 1.48. The SMILES string of the molecule is CN=C(NCCc1cccs1)NCCc1c[nH]c2c(C)cccc12. The van der Waals surface area contributed by atoms with Crippen LogP contribution in [0.2, 0.25) is 0 Å². The van der Waals surface area contributed by atoms with Crippen molar-refractivity contribution < 1.29 is 0 Å². The van der Waals surface area contributed by atoms with Crippen LogP contribution in [0.15, 0.2) is 46.9 Å². The maximum atomic E-state index is 4.29. The van der Waals surface area contributed by atoms with Crippen molar-refractivity contribution in [1.82, 2.24) is 15.6 Å². The Morgan fingerprint density at radius 3 is 2.71 bits per heavy atom. The van der Waals surface area contributed by atoms with E-state index < -0.39 is 0 Å². The van der Waals surface area contributed by atoms with Gasteiger partial charge in [-0.15, -0.1) is 11.3 Å². The van der Waals surface area contributed by atoms with Crippen LogP contribution >= 0.6 is 11.3 Å². The third-order valence-electron chi connectivity index (χ3n) is 4.16. The van der Waals surface area contributed by atoms with Gasteiger partial charge in [0.1, 0.15) is 0 Å². The first-order chi connectivity index (χ1) is 11.8. The molecule has 0 atom stereocenters. The van der Waals surface area contributed by atoms with E-state index >= 15 is 0 Å². The fraction of sp³-hybridized carbons (Fsp3) is 0.316. The predicted molar refractivity (Wildman–Crippen MR) is 104 cm³/mol. The van der Waals surface area contributed by atoms with Gasteiger partial charge in [-0.05, 0) is 42.3 Å². The van der Waals surface area contributed by atoms with Gasteiger partial charge in [-0.1, -0.05) is 24.3 Å². The third kappa shape index (κ3) is 3.97. The number of hydrogen-bond donors (Lipinski definition) is 3. The Kier molecular flexibility index (Phi) is 5.54. The molecule has 126 valence electrons. The van der Waals surface area contributed by atoms with Crippen molar-refractivity contribution >= 4 is 28.2 Å². The highest BCUT2D eigenvalue weighted by Crippen LogP contribution is 2.21. The van der Waals surface area contributed by atoms with Crippen molar-refractivity contribution in [1.29, 1.82) is 0 Å². The number of fused-ring (bicyclic) bond motifs is 1. The molecule has 24 heavy (non-hydrogen) atoms. The van der Waals surface area contributed by atoms with Gasteiger partial charge in [-0.2, -0.15) is 0 Å². The minimum absolute atomic E-state index is 0.861. The first-order valence-corrected chi connectivity index (χ1v) is 9.18. The number of aliphatic imine (C=N–C) groups is 1. The van der Waals surface area contributed by atoms with Crippen LogP contribution in [0.4, 0.5) is 0 Å². The molecule has 0 aliphatic rings. The summed E-state index contributed by atoms with van der Waals surface area (Å²) in [4.78, 5) is 9.07. The maximum absolute atomic E-state index is 4.29. The average molecular weight is 340 g/mol. The summed E-state index contributed by atoms with van der Waals surface area (Å²) in [5.41, 5.74) is 3.87. The molecule has 2 heterocycles. The van der Waals surface area contributed by atoms with Gasteiger partial charge in [0.2, 0.25) is 0 Å². The number of H-pyrrole nitrogens is 1. The van der Waals surface area contributed by atoms with E-state index in [4.69, 9.17) is 0 Å². The molecule has 3 N–H and O–H groups in total. The zero-order chi connectivity index (χ0) is 16.8. The zero-order valence-electron chi connectivity index (χ0n) is 14.2. The smallest absolute Gasteiger partial charge is 0.190 e. The third-order valence-corrected chi connectivity index (χ3v) is 5.10. The summed E-state index contributed by atoms with van der Waals surface area (Å²) >= 11 is 1.80. The highest BCUT2D eigenvalue weighted by atomic mass is 32.1. The minimum atomic E-state index is 0.861. The summed E-state index contributed by atoms with van der Waals surface area (Å²) in [5, 5.41) is 10.2. The van der Waals surface area contributed by atoms with Crippen molar-refractivity contribution in [2.24, 2.45) is 4.99 Å². The molecule has 0 amide bonds. The zero-order valence-corrected chi connectivity index (χ0v) is 15.0. The number of nitrogens with one attached hydrogen (secondary N) is 3. The van der Waals surface area contributed by atoms with E-state index in [1.165, 1.54) is 26.9 Å². The number of aromatic amines is 1. The highest BCUT2D eigenvalue weighted by molar-refractivity contribution is 7.09. The largest absolute Gasteiger partial charge is 0.361 e. The van der Waals surface area contributed by atoms with E-state index in [0.29, 0.717) is 0 Å². The first-order valence-electron chi connectivity index (χ1n) is 8.30. The van der Waals surface area contributed by atoms with Gasteiger partial charge >= 0.3 is 0 Å². The molecule has 3 aromatic rings. The van der Waals surface area contributed by atoms with Crippen LogP contribution in [-0.2, 0) is 12.8 Å². The lowest BCUT2D eigenvalue weighted by Gasteiger charge is -2.11. The molecular formula is C19H24N4S. The molecule has 0 unspecified atom stereocenters. The number of para-hydroxylation sites is 1. The lowest BCUT2D eigenvalue weighted by atomic mass is 10.1. The van der Waals surface area contributed by atoms with Crippen LogP contribution in [0.25, 0.3) is 10.9 Å². The van der Waals surface area contributed by atoms with Crippen molar-refractivity contribution in [2.45, 2.75) is 19.8 Å². The molecule has 3 rings (SSSR count). The molecular weight excluding hydrogens is 316 g/mol. The summed E-state index contributed by atoms with van der Waals surface area (Å²) < 4.78 is 0. The molecule has 0 aliphatic carbocycles. The van der Waals surface area contributed by atoms with Crippen LogP contribution in [0.5, 0.6) is 0 Å². The number of benzene rings is 1. The quantitative estimate of drug-likeness (QED) is 0.475. The Hall–Kier alpha value is -2.27. The molecule has 0 saturated heterocycles. The molecule has 0 bridgehead atoms.